The predicted molar refractivity (Wildman–Crippen MR) is 90.9 cm³/mol. The van der Waals surface area contributed by atoms with Crippen molar-refractivity contribution in [1.82, 2.24) is 4.57 Å². The molecule has 5 heteroatoms. The van der Waals surface area contributed by atoms with Gasteiger partial charge >= 0.3 is 5.97 Å². The molecule has 1 aromatic carbocycles. The summed E-state index contributed by atoms with van der Waals surface area (Å²) in [5.74, 6) is 1.24. The summed E-state index contributed by atoms with van der Waals surface area (Å²) >= 11 is 0. The SMILES string of the molecule is Cn1c2c(c3cc(C(N)CCC(=O)O)ccc31)C1CCN2CC1. The number of hydrogen-bond acceptors (Lipinski definition) is 3. The number of carboxylic acid groups (broad SMARTS) is 1. The average Bonchev–Trinajstić information content (AvgIpc) is 2.88. The lowest BCUT2D eigenvalue weighted by atomic mass is 9.84. The summed E-state index contributed by atoms with van der Waals surface area (Å²) in [6.45, 7) is 2.32. The van der Waals surface area contributed by atoms with Crippen molar-refractivity contribution >= 4 is 22.7 Å². The number of carboxylic acids is 1. The molecule has 122 valence electrons. The normalized spacial score (nSPS) is 18.4. The highest BCUT2D eigenvalue weighted by Gasteiger charge is 2.35. The van der Waals surface area contributed by atoms with E-state index in [4.69, 9.17) is 10.8 Å². The van der Waals surface area contributed by atoms with Gasteiger partial charge in [-0.15, -0.1) is 0 Å². The van der Waals surface area contributed by atoms with E-state index in [2.05, 4.69) is 34.7 Å². The zero-order chi connectivity index (χ0) is 16.1. The average molecular weight is 313 g/mol. The minimum atomic E-state index is -0.788. The molecule has 3 aliphatic rings. The highest BCUT2D eigenvalue weighted by Crippen LogP contribution is 2.47. The second kappa shape index (κ2) is 5.27. The zero-order valence-corrected chi connectivity index (χ0v) is 13.5. The third-order valence-corrected chi connectivity index (χ3v) is 5.53. The largest absolute Gasteiger partial charge is 0.481 e. The van der Waals surface area contributed by atoms with Crippen molar-refractivity contribution in [1.29, 1.82) is 0 Å². The molecule has 4 heterocycles. The first-order valence-electron chi connectivity index (χ1n) is 8.41. The Labute approximate surface area is 135 Å². The molecular formula is C18H23N3O2. The molecular weight excluding hydrogens is 290 g/mol. The van der Waals surface area contributed by atoms with E-state index in [9.17, 15) is 4.79 Å². The Kier molecular flexibility index (Phi) is 3.34. The van der Waals surface area contributed by atoms with E-state index in [-0.39, 0.29) is 12.5 Å². The summed E-state index contributed by atoms with van der Waals surface area (Å²) < 4.78 is 2.31. The van der Waals surface area contributed by atoms with Crippen molar-refractivity contribution in [2.24, 2.45) is 12.8 Å². The molecule has 0 amide bonds. The van der Waals surface area contributed by atoms with Crippen LogP contribution in [-0.2, 0) is 11.8 Å². The van der Waals surface area contributed by atoms with Crippen molar-refractivity contribution in [3.05, 3.63) is 29.3 Å². The molecule has 5 rings (SSSR count). The lowest BCUT2D eigenvalue weighted by molar-refractivity contribution is -0.137. The minimum absolute atomic E-state index is 0.114. The number of aromatic nitrogens is 1. The van der Waals surface area contributed by atoms with Gasteiger partial charge in [0.2, 0.25) is 0 Å². The maximum Gasteiger partial charge on any atom is 0.303 e. The van der Waals surface area contributed by atoms with Crippen molar-refractivity contribution in [2.75, 3.05) is 18.0 Å². The van der Waals surface area contributed by atoms with Crippen LogP contribution >= 0.6 is 0 Å². The highest BCUT2D eigenvalue weighted by atomic mass is 16.4. The van der Waals surface area contributed by atoms with E-state index < -0.39 is 5.97 Å². The first-order valence-corrected chi connectivity index (χ1v) is 8.41. The Morgan fingerprint density at radius 2 is 2.13 bits per heavy atom. The first-order chi connectivity index (χ1) is 11.1. The summed E-state index contributed by atoms with van der Waals surface area (Å²) in [5.41, 5.74) is 9.99. The van der Waals surface area contributed by atoms with Gasteiger partial charge in [-0.3, -0.25) is 4.79 Å². The second-order valence-corrected chi connectivity index (χ2v) is 6.87. The van der Waals surface area contributed by atoms with E-state index in [1.807, 2.05) is 0 Å². The number of piperidine rings is 1. The molecule has 1 unspecified atom stereocenters. The van der Waals surface area contributed by atoms with E-state index in [1.165, 1.54) is 35.1 Å². The summed E-state index contributed by atoms with van der Waals surface area (Å²) in [6, 6.07) is 6.18. The number of anilines is 1. The molecule has 1 saturated heterocycles. The number of nitrogens with zero attached hydrogens (tertiary/aromatic N) is 2. The third kappa shape index (κ3) is 2.22. The molecule has 0 spiro atoms. The number of carbonyl (C=O) groups is 1. The molecule has 1 fully saturated rings. The smallest absolute Gasteiger partial charge is 0.303 e. The molecule has 1 aromatic heterocycles. The predicted octanol–water partition coefficient (Wildman–Crippen LogP) is 2.74. The third-order valence-electron chi connectivity index (χ3n) is 5.53. The van der Waals surface area contributed by atoms with Gasteiger partial charge in [0.25, 0.3) is 0 Å². The number of aryl methyl sites for hydroxylation is 1. The van der Waals surface area contributed by atoms with E-state index in [0.29, 0.717) is 12.3 Å². The monoisotopic (exact) mass is 313 g/mol. The molecule has 3 N–H and O–H groups in total. The second-order valence-electron chi connectivity index (χ2n) is 6.87. The van der Waals surface area contributed by atoms with Crippen LogP contribution in [0.25, 0.3) is 10.9 Å². The van der Waals surface area contributed by atoms with Crippen LogP contribution in [0.5, 0.6) is 0 Å². The molecule has 3 aliphatic heterocycles. The Hall–Kier alpha value is -2.01. The van der Waals surface area contributed by atoms with Gasteiger partial charge in [-0.25, -0.2) is 0 Å². The number of nitrogens with two attached hydrogens (primary N) is 1. The standard InChI is InChI=1S/C18H23N3O2/c1-20-15-4-2-12(14(19)3-5-16(22)23)10-13(15)17-11-6-8-21(9-7-11)18(17)20/h2,4,10-11,14H,3,5-9,19H2,1H3,(H,22,23). The van der Waals surface area contributed by atoms with Crippen molar-refractivity contribution < 1.29 is 9.90 Å². The van der Waals surface area contributed by atoms with E-state index >= 15 is 0 Å². The van der Waals surface area contributed by atoms with Gasteiger partial charge in [0.05, 0.1) is 0 Å². The molecule has 0 radical (unpaired) electrons. The van der Waals surface area contributed by atoms with Crippen LogP contribution in [0.4, 0.5) is 5.82 Å². The summed E-state index contributed by atoms with van der Waals surface area (Å²) in [4.78, 5) is 13.3. The van der Waals surface area contributed by atoms with Gasteiger partial charge in [0.1, 0.15) is 5.82 Å². The number of hydrogen-bond donors (Lipinski definition) is 2. The van der Waals surface area contributed by atoms with Crippen LogP contribution in [-0.4, -0.2) is 28.7 Å². The fourth-order valence-electron chi connectivity index (χ4n) is 4.32. The fourth-order valence-corrected chi connectivity index (χ4v) is 4.32. The van der Waals surface area contributed by atoms with Gasteiger partial charge in [-0.2, -0.15) is 0 Å². The minimum Gasteiger partial charge on any atom is -0.481 e. The van der Waals surface area contributed by atoms with Gasteiger partial charge in [0, 0.05) is 49.1 Å². The Morgan fingerprint density at radius 1 is 1.39 bits per heavy atom. The quantitative estimate of drug-likeness (QED) is 0.910. The van der Waals surface area contributed by atoms with Crippen LogP contribution < -0.4 is 10.6 Å². The fraction of sp³-hybridized carbons (Fsp3) is 0.500. The molecule has 0 saturated carbocycles. The zero-order valence-electron chi connectivity index (χ0n) is 13.5. The first kappa shape index (κ1) is 14.6. The lowest BCUT2D eigenvalue weighted by Gasteiger charge is -2.41. The molecule has 2 bridgehead atoms. The maximum atomic E-state index is 10.8. The van der Waals surface area contributed by atoms with E-state index in [1.54, 1.807) is 0 Å². The number of rotatable bonds is 4. The summed E-state index contributed by atoms with van der Waals surface area (Å²) in [6.07, 6.45) is 3.07. The van der Waals surface area contributed by atoms with Gasteiger partial charge in [-0.05, 0) is 42.9 Å². The van der Waals surface area contributed by atoms with Gasteiger partial charge in [0.15, 0.2) is 0 Å². The van der Waals surface area contributed by atoms with E-state index in [0.717, 1.165) is 18.7 Å². The molecule has 23 heavy (non-hydrogen) atoms. The summed E-state index contributed by atoms with van der Waals surface area (Å²) in [7, 11) is 2.14. The number of benzene rings is 1. The van der Waals surface area contributed by atoms with Crippen LogP contribution in [0.1, 0.15) is 48.8 Å². The summed E-state index contributed by atoms with van der Waals surface area (Å²) in [5, 5.41) is 10.2. The maximum absolute atomic E-state index is 10.8. The Bertz CT molecular complexity index is 772. The number of fused-ring (bicyclic) bond motifs is 3. The van der Waals surface area contributed by atoms with Crippen LogP contribution in [0.3, 0.4) is 0 Å². The highest BCUT2D eigenvalue weighted by molar-refractivity contribution is 5.92. The van der Waals surface area contributed by atoms with Gasteiger partial charge in [-0.1, -0.05) is 6.07 Å². The lowest BCUT2D eigenvalue weighted by Crippen LogP contribution is -2.39. The van der Waals surface area contributed by atoms with Crippen molar-refractivity contribution in [3.8, 4) is 0 Å². The van der Waals surface area contributed by atoms with Crippen molar-refractivity contribution in [3.63, 3.8) is 0 Å². The molecule has 5 nitrogen and oxygen atoms in total. The Morgan fingerprint density at radius 3 is 2.83 bits per heavy atom. The van der Waals surface area contributed by atoms with Gasteiger partial charge < -0.3 is 20.3 Å². The Balaban J connectivity index is 1.77. The molecule has 0 aliphatic carbocycles. The topological polar surface area (TPSA) is 71.5 Å². The number of aliphatic carboxylic acids is 1. The van der Waals surface area contributed by atoms with Crippen LogP contribution in [0.2, 0.25) is 0 Å². The van der Waals surface area contributed by atoms with Crippen LogP contribution in [0.15, 0.2) is 18.2 Å². The molecule has 1 atom stereocenters. The van der Waals surface area contributed by atoms with Crippen molar-refractivity contribution in [2.45, 2.75) is 37.6 Å². The van der Waals surface area contributed by atoms with Crippen LogP contribution in [0, 0.1) is 0 Å². The molecule has 2 aromatic rings.